The van der Waals surface area contributed by atoms with Crippen molar-refractivity contribution < 1.29 is 9.53 Å². The highest BCUT2D eigenvalue weighted by Crippen LogP contribution is 2.12. The highest BCUT2D eigenvalue weighted by atomic mass is 16.5. The molecular weight excluding hydrogens is 268 g/mol. The number of esters is 1. The summed E-state index contributed by atoms with van der Waals surface area (Å²) in [5.74, 6) is -0.179. The lowest BCUT2D eigenvalue weighted by Gasteiger charge is -2.11. The summed E-state index contributed by atoms with van der Waals surface area (Å²) >= 11 is 0. The van der Waals surface area contributed by atoms with Crippen LogP contribution in [-0.4, -0.2) is 33.4 Å². The van der Waals surface area contributed by atoms with E-state index >= 15 is 0 Å². The summed E-state index contributed by atoms with van der Waals surface area (Å²) in [5.41, 5.74) is 2.08. The van der Waals surface area contributed by atoms with Crippen molar-refractivity contribution in [2.45, 2.75) is 32.9 Å². The first-order valence-corrected chi connectivity index (χ1v) is 7.00. The van der Waals surface area contributed by atoms with Gasteiger partial charge in [-0.2, -0.15) is 5.10 Å². The molecule has 112 valence electrons. The number of carbonyl (C=O) groups is 1. The zero-order valence-electron chi connectivity index (χ0n) is 12.3. The molecule has 0 amide bonds. The van der Waals surface area contributed by atoms with Crippen molar-refractivity contribution >= 4 is 5.97 Å². The smallest absolute Gasteiger partial charge is 0.307 e. The Bertz CT molecular complexity index is 567. The standard InChI is InChI=1S/C15H20N4O2/c1-12(2)21-15(20)7-8-16-9-13-5-3-4-6-14(13)19-11-17-10-18-19/h3-6,10-12,16H,7-9H2,1-2H3. The van der Waals surface area contributed by atoms with Gasteiger partial charge in [0.2, 0.25) is 0 Å². The Labute approximate surface area is 124 Å². The molecule has 2 rings (SSSR count). The van der Waals surface area contributed by atoms with Crippen LogP contribution in [0.1, 0.15) is 25.8 Å². The van der Waals surface area contributed by atoms with Crippen LogP contribution in [0.2, 0.25) is 0 Å². The summed E-state index contributed by atoms with van der Waals surface area (Å²) in [6.07, 6.45) is 3.47. The molecule has 21 heavy (non-hydrogen) atoms. The maximum Gasteiger partial charge on any atom is 0.307 e. The third-order valence-electron chi connectivity index (χ3n) is 2.85. The number of nitrogens with zero attached hydrogens (tertiary/aromatic N) is 3. The Morgan fingerprint density at radius 1 is 1.38 bits per heavy atom. The molecule has 1 heterocycles. The molecule has 6 nitrogen and oxygen atoms in total. The molecule has 0 aliphatic rings. The third-order valence-corrected chi connectivity index (χ3v) is 2.85. The lowest BCUT2D eigenvalue weighted by Crippen LogP contribution is -2.21. The van der Waals surface area contributed by atoms with Crippen LogP contribution >= 0.6 is 0 Å². The van der Waals surface area contributed by atoms with E-state index in [1.807, 2.05) is 38.1 Å². The Morgan fingerprint density at radius 2 is 2.19 bits per heavy atom. The van der Waals surface area contributed by atoms with Gasteiger partial charge in [-0.1, -0.05) is 18.2 Å². The van der Waals surface area contributed by atoms with Gasteiger partial charge in [-0.3, -0.25) is 4.79 Å². The van der Waals surface area contributed by atoms with Gasteiger partial charge >= 0.3 is 5.97 Å². The van der Waals surface area contributed by atoms with Gasteiger partial charge < -0.3 is 10.1 Å². The van der Waals surface area contributed by atoms with E-state index in [-0.39, 0.29) is 12.1 Å². The minimum absolute atomic E-state index is 0.0643. The van der Waals surface area contributed by atoms with E-state index in [4.69, 9.17) is 4.74 Å². The first kappa shape index (κ1) is 15.2. The topological polar surface area (TPSA) is 69.0 Å². The van der Waals surface area contributed by atoms with Crippen LogP contribution < -0.4 is 5.32 Å². The highest BCUT2D eigenvalue weighted by molar-refractivity contribution is 5.69. The molecule has 0 aliphatic heterocycles. The maximum absolute atomic E-state index is 11.4. The molecule has 0 unspecified atom stereocenters. The second-order valence-electron chi connectivity index (χ2n) is 4.93. The predicted molar refractivity (Wildman–Crippen MR) is 78.9 cm³/mol. The van der Waals surface area contributed by atoms with E-state index in [9.17, 15) is 4.79 Å². The van der Waals surface area contributed by atoms with Crippen molar-refractivity contribution in [1.29, 1.82) is 0 Å². The van der Waals surface area contributed by atoms with Crippen LogP contribution in [0.3, 0.4) is 0 Å². The van der Waals surface area contributed by atoms with E-state index in [1.165, 1.54) is 6.33 Å². The molecule has 6 heteroatoms. The van der Waals surface area contributed by atoms with Gasteiger partial charge in [0, 0.05) is 13.1 Å². The number of nitrogens with one attached hydrogen (secondary N) is 1. The second-order valence-corrected chi connectivity index (χ2v) is 4.93. The first-order chi connectivity index (χ1) is 10.2. The van der Waals surface area contributed by atoms with Crippen molar-refractivity contribution in [3.05, 3.63) is 42.5 Å². The van der Waals surface area contributed by atoms with Crippen molar-refractivity contribution in [2.24, 2.45) is 0 Å². The number of aromatic nitrogens is 3. The summed E-state index contributed by atoms with van der Waals surface area (Å²) in [7, 11) is 0. The number of carbonyl (C=O) groups excluding carboxylic acids is 1. The van der Waals surface area contributed by atoms with E-state index in [0.29, 0.717) is 19.5 Å². The van der Waals surface area contributed by atoms with Crippen LogP contribution in [-0.2, 0) is 16.1 Å². The van der Waals surface area contributed by atoms with Gasteiger partial charge in [-0.05, 0) is 25.5 Å². The molecule has 0 radical (unpaired) electrons. The van der Waals surface area contributed by atoms with Crippen LogP contribution in [0.5, 0.6) is 0 Å². The molecule has 1 aromatic carbocycles. The Hall–Kier alpha value is -2.21. The number of ether oxygens (including phenoxy) is 1. The van der Waals surface area contributed by atoms with Crippen molar-refractivity contribution in [3.63, 3.8) is 0 Å². The van der Waals surface area contributed by atoms with Gasteiger partial charge in [0.25, 0.3) is 0 Å². The first-order valence-electron chi connectivity index (χ1n) is 7.00. The molecule has 0 fully saturated rings. The largest absolute Gasteiger partial charge is 0.463 e. The number of benzene rings is 1. The fourth-order valence-corrected chi connectivity index (χ4v) is 1.95. The maximum atomic E-state index is 11.4. The summed E-state index contributed by atoms with van der Waals surface area (Å²) in [4.78, 5) is 15.4. The summed E-state index contributed by atoms with van der Waals surface area (Å²) in [6.45, 7) is 4.93. The predicted octanol–water partition coefficient (Wildman–Crippen LogP) is 1.70. The zero-order chi connectivity index (χ0) is 15.1. The van der Waals surface area contributed by atoms with Gasteiger partial charge in [0.1, 0.15) is 12.7 Å². The average molecular weight is 288 g/mol. The number of hydrogen-bond donors (Lipinski definition) is 1. The SMILES string of the molecule is CC(C)OC(=O)CCNCc1ccccc1-n1cncn1. The van der Waals surface area contributed by atoms with Gasteiger partial charge in [-0.15, -0.1) is 0 Å². The van der Waals surface area contributed by atoms with E-state index in [1.54, 1.807) is 11.0 Å². The minimum Gasteiger partial charge on any atom is -0.463 e. The lowest BCUT2D eigenvalue weighted by molar-refractivity contribution is -0.147. The average Bonchev–Trinajstić information content (AvgIpc) is 2.97. The second kappa shape index (κ2) is 7.54. The molecule has 1 N–H and O–H groups in total. The molecule has 0 saturated heterocycles. The summed E-state index contributed by atoms with van der Waals surface area (Å²) in [6, 6.07) is 7.94. The molecule has 0 aliphatic carbocycles. The Kier molecular flexibility index (Phi) is 5.45. The highest BCUT2D eigenvalue weighted by Gasteiger charge is 2.06. The molecule has 1 aromatic heterocycles. The number of para-hydroxylation sites is 1. The van der Waals surface area contributed by atoms with Crippen LogP contribution in [0.15, 0.2) is 36.9 Å². The fourth-order valence-electron chi connectivity index (χ4n) is 1.95. The summed E-state index contributed by atoms with van der Waals surface area (Å²) < 4.78 is 6.81. The molecule has 0 saturated carbocycles. The Balaban J connectivity index is 1.85. The van der Waals surface area contributed by atoms with Crippen molar-refractivity contribution in [3.8, 4) is 5.69 Å². The van der Waals surface area contributed by atoms with Crippen LogP contribution in [0.4, 0.5) is 0 Å². The van der Waals surface area contributed by atoms with E-state index in [2.05, 4.69) is 15.4 Å². The third kappa shape index (κ3) is 4.68. The lowest BCUT2D eigenvalue weighted by atomic mass is 10.2. The van der Waals surface area contributed by atoms with Crippen molar-refractivity contribution in [1.82, 2.24) is 20.1 Å². The summed E-state index contributed by atoms with van der Waals surface area (Å²) in [5, 5.41) is 7.39. The normalized spacial score (nSPS) is 10.8. The quantitative estimate of drug-likeness (QED) is 0.620. The van der Waals surface area contributed by atoms with Gasteiger partial charge in [0.05, 0.1) is 18.2 Å². The zero-order valence-corrected chi connectivity index (χ0v) is 12.3. The monoisotopic (exact) mass is 288 g/mol. The fraction of sp³-hybridized carbons (Fsp3) is 0.400. The van der Waals surface area contributed by atoms with Crippen LogP contribution in [0.25, 0.3) is 5.69 Å². The van der Waals surface area contributed by atoms with Crippen LogP contribution in [0, 0.1) is 0 Å². The molecule has 0 spiro atoms. The molecular formula is C15H20N4O2. The van der Waals surface area contributed by atoms with Crippen molar-refractivity contribution in [2.75, 3.05) is 6.54 Å². The minimum atomic E-state index is -0.179. The molecule has 0 bridgehead atoms. The molecule has 0 atom stereocenters. The van der Waals surface area contributed by atoms with E-state index < -0.39 is 0 Å². The number of rotatable bonds is 7. The molecule has 2 aromatic rings. The Morgan fingerprint density at radius 3 is 2.90 bits per heavy atom. The van der Waals surface area contributed by atoms with Gasteiger partial charge in [-0.25, -0.2) is 9.67 Å². The van der Waals surface area contributed by atoms with E-state index in [0.717, 1.165) is 11.3 Å². The number of hydrogen-bond acceptors (Lipinski definition) is 5. The van der Waals surface area contributed by atoms with Gasteiger partial charge in [0.15, 0.2) is 0 Å².